The zero-order valence-corrected chi connectivity index (χ0v) is 12.7. The quantitative estimate of drug-likeness (QED) is 0.290. The second-order valence-corrected chi connectivity index (χ2v) is 5.29. The van der Waals surface area contributed by atoms with Gasteiger partial charge in [-0.15, -0.1) is 11.3 Å². The molecule has 0 aliphatic rings. The molecule has 116 valence electrons. The summed E-state index contributed by atoms with van der Waals surface area (Å²) in [5.74, 6) is -1.07. The van der Waals surface area contributed by atoms with E-state index in [9.17, 15) is 9.59 Å². The molecule has 0 unspecified atom stereocenters. The van der Waals surface area contributed by atoms with Crippen LogP contribution in [0.25, 0.3) is 0 Å². The number of rotatable bonds is 8. The van der Waals surface area contributed by atoms with Gasteiger partial charge in [0.1, 0.15) is 10.7 Å². The van der Waals surface area contributed by atoms with Crippen LogP contribution in [0.3, 0.4) is 0 Å². The van der Waals surface area contributed by atoms with Gasteiger partial charge in [0.25, 0.3) is 5.91 Å². The molecule has 0 saturated heterocycles. The molecule has 21 heavy (non-hydrogen) atoms. The van der Waals surface area contributed by atoms with Gasteiger partial charge in [0, 0.05) is 19.0 Å². The van der Waals surface area contributed by atoms with Gasteiger partial charge in [-0.2, -0.15) is 0 Å². The van der Waals surface area contributed by atoms with E-state index >= 15 is 0 Å². The van der Waals surface area contributed by atoms with Crippen molar-refractivity contribution in [2.24, 2.45) is 22.2 Å². The van der Waals surface area contributed by atoms with E-state index < -0.39 is 11.8 Å². The number of aromatic nitrogens is 1. The topological polar surface area (TPSA) is 149 Å². The number of thiazole rings is 1. The van der Waals surface area contributed by atoms with E-state index in [0.717, 1.165) is 12.8 Å². The number of aliphatic imine (C=N–C) groups is 1. The van der Waals surface area contributed by atoms with Crippen LogP contribution < -0.4 is 22.5 Å². The van der Waals surface area contributed by atoms with Gasteiger partial charge in [-0.3, -0.25) is 14.6 Å². The minimum absolute atomic E-state index is 0.0591. The van der Waals surface area contributed by atoms with Crippen LogP contribution in [0.2, 0.25) is 0 Å². The number of nitrogens with one attached hydrogen (secondary N) is 1. The van der Waals surface area contributed by atoms with Crippen LogP contribution in [-0.4, -0.2) is 36.4 Å². The fourth-order valence-electron chi connectivity index (χ4n) is 1.77. The van der Waals surface area contributed by atoms with Crippen LogP contribution in [0.4, 0.5) is 0 Å². The maximum Gasteiger partial charge on any atom is 0.268 e. The molecule has 0 radical (unpaired) electrons. The normalized spacial score (nSPS) is 11.7. The molecule has 9 heteroatoms. The van der Waals surface area contributed by atoms with Crippen molar-refractivity contribution >= 4 is 29.1 Å². The molecule has 2 amide bonds. The predicted molar refractivity (Wildman–Crippen MR) is 82.0 cm³/mol. The molecule has 1 atom stereocenters. The van der Waals surface area contributed by atoms with Crippen LogP contribution >= 0.6 is 11.3 Å². The Morgan fingerprint density at radius 3 is 2.62 bits per heavy atom. The third kappa shape index (κ3) is 5.38. The first-order valence-electron chi connectivity index (χ1n) is 6.48. The molecule has 0 spiro atoms. The molecule has 0 aromatic carbocycles. The van der Waals surface area contributed by atoms with Crippen LogP contribution in [-0.2, 0) is 4.79 Å². The Kier molecular flexibility index (Phi) is 6.60. The summed E-state index contributed by atoms with van der Waals surface area (Å²) in [6.45, 7) is 0.521. The number of unbranched alkanes of at least 4 members (excludes halogenated alkanes) is 1. The van der Waals surface area contributed by atoms with Crippen molar-refractivity contribution in [2.75, 3.05) is 13.6 Å². The van der Waals surface area contributed by atoms with E-state index in [4.69, 9.17) is 17.2 Å². The number of carbonyl (C=O) groups excluding carboxylic acids is 2. The van der Waals surface area contributed by atoms with Gasteiger partial charge in [0.2, 0.25) is 5.91 Å². The van der Waals surface area contributed by atoms with Gasteiger partial charge in [-0.05, 0) is 12.8 Å². The summed E-state index contributed by atoms with van der Waals surface area (Å²) < 4.78 is 0. The van der Waals surface area contributed by atoms with E-state index in [1.165, 1.54) is 11.3 Å². The van der Waals surface area contributed by atoms with Gasteiger partial charge in [0.05, 0.1) is 5.92 Å². The predicted octanol–water partition coefficient (Wildman–Crippen LogP) is -0.485. The first-order valence-corrected chi connectivity index (χ1v) is 7.36. The van der Waals surface area contributed by atoms with E-state index in [-0.39, 0.29) is 17.6 Å². The minimum Gasteiger partial charge on any atom is -0.370 e. The molecule has 1 heterocycles. The summed E-state index contributed by atoms with van der Waals surface area (Å²) in [5.41, 5.74) is 15.8. The molecule has 1 aromatic rings. The van der Waals surface area contributed by atoms with E-state index in [1.54, 1.807) is 12.4 Å². The van der Waals surface area contributed by atoms with Gasteiger partial charge in [-0.1, -0.05) is 6.42 Å². The highest BCUT2D eigenvalue weighted by molar-refractivity contribution is 7.10. The fraction of sp³-hybridized carbons (Fsp3) is 0.500. The third-order valence-corrected chi connectivity index (χ3v) is 3.79. The van der Waals surface area contributed by atoms with Crippen molar-refractivity contribution in [3.05, 3.63) is 16.1 Å². The Morgan fingerprint density at radius 2 is 2.10 bits per heavy atom. The number of nitrogens with zero attached hydrogens (tertiary/aromatic N) is 2. The van der Waals surface area contributed by atoms with Crippen molar-refractivity contribution in [3.8, 4) is 0 Å². The van der Waals surface area contributed by atoms with Crippen LogP contribution in [0, 0.1) is 0 Å². The number of carbonyl (C=O) groups is 2. The molecule has 0 bridgehead atoms. The lowest BCUT2D eigenvalue weighted by Crippen LogP contribution is -2.26. The van der Waals surface area contributed by atoms with E-state index in [1.807, 2.05) is 0 Å². The largest absolute Gasteiger partial charge is 0.370 e. The average Bonchev–Trinajstić information content (AvgIpc) is 2.91. The van der Waals surface area contributed by atoms with Crippen molar-refractivity contribution < 1.29 is 9.59 Å². The van der Waals surface area contributed by atoms with Gasteiger partial charge in [-0.25, -0.2) is 4.98 Å². The lowest BCUT2D eigenvalue weighted by molar-refractivity contribution is -0.122. The van der Waals surface area contributed by atoms with E-state index in [0.29, 0.717) is 18.0 Å². The maximum atomic E-state index is 11.9. The highest BCUT2D eigenvalue weighted by Crippen LogP contribution is 2.25. The van der Waals surface area contributed by atoms with Crippen molar-refractivity contribution in [2.45, 2.75) is 25.2 Å². The Morgan fingerprint density at radius 1 is 1.38 bits per heavy atom. The smallest absolute Gasteiger partial charge is 0.268 e. The number of hydrogen-bond acceptors (Lipinski definition) is 5. The second-order valence-electron chi connectivity index (χ2n) is 4.40. The minimum atomic E-state index is -0.596. The van der Waals surface area contributed by atoms with Crippen molar-refractivity contribution in [1.82, 2.24) is 10.3 Å². The maximum absolute atomic E-state index is 11.9. The van der Waals surface area contributed by atoms with Crippen molar-refractivity contribution in [3.63, 3.8) is 0 Å². The number of likely N-dealkylation sites (N-methyl/N-ethyl adjacent to an activating group) is 1. The summed E-state index contributed by atoms with van der Waals surface area (Å²) in [4.78, 5) is 31.0. The number of amides is 2. The molecule has 0 aliphatic heterocycles. The van der Waals surface area contributed by atoms with Crippen molar-refractivity contribution in [1.29, 1.82) is 0 Å². The highest BCUT2D eigenvalue weighted by Gasteiger charge is 2.23. The Labute approximate surface area is 126 Å². The van der Waals surface area contributed by atoms with Gasteiger partial charge < -0.3 is 22.5 Å². The summed E-state index contributed by atoms with van der Waals surface area (Å²) >= 11 is 1.26. The Balaban J connectivity index is 2.65. The summed E-state index contributed by atoms with van der Waals surface area (Å²) in [6.07, 6.45) is 2.13. The molecule has 0 fully saturated rings. The monoisotopic (exact) mass is 312 g/mol. The van der Waals surface area contributed by atoms with E-state index in [2.05, 4.69) is 15.3 Å². The van der Waals surface area contributed by atoms with Crippen LogP contribution in [0.5, 0.6) is 0 Å². The van der Waals surface area contributed by atoms with Gasteiger partial charge in [0.15, 0.2) is 5.96 Å². The van der Waals surface area contributed by atoms with Crippen LogP contribution in [0.1, 0.15) is 40.7 Å². The highest BCUT2D eigenvalue weighted by atomic mass is 32.1. The first kappa shape index (κ1) is 16.9. The zero-order chi connectivity index (χ0) is 15.8. The zero-order valence-electron chi connectivity index (χ0n) is 11.8. The Hall–Kier alpha value is -2.16. The number of hydrogen-bond donors (Lipinski definition) is 4. The molecular weight excluding hydrogens is 292 g/mol. The number of nitrogens with two attached hydrogens (primary N) is 3. The number of guanidine groups is 1. The first-order chi connectivity index (χ1) is 9.95. The molecule has 8 nitrogen and oxygen atoms in total. The second kappa shape index (κ2) is 8.20. The summed E-state index contributed by atoms with van der Waals surface area (Å²) in [6, 6.07) is 0. The Bertz CT molecular complexity index is 524. The molecule has 1 aromatic heterocycles. The molecule has 0 aliphatic carbocycles. The SMILES string of the molecule is CNC(=O)[C@@H](CCCCN=C(N)N)c1nc(C(N)=O)cs1. The lowest BCUT2D eigenvalue weighted by atomic mass is 10.0. The molecule has 1 rings (SSSR count). The molecule has 0 saturated carbocycles. The van der Waals surface area contributed by atoms with Crippen LogP contribution in [0.15, 0.2) is 10.4 Å². The van der Waals surface area contributed by atoms with Gasteiger partial charge >= 0.3 is 0 Å². The standard InChI is InChI=1S/C12H20N6O2S/c1-16-10(20)7(4-2-3-5-17-12(14)15)11-18-8(6-21-11)9(13)19/h6-7H,2-5H2,1H3,(H2,13,19)(H,16,20)(H4,14,15,17)/t7-/m1/s1. The molecule has 7 N–H and O–H groups in total. The molecular formula is C12H20N6O2S. The summed E-state index contributed by atoms with van der Waals surface area (Å²) in [7, 11) is 1.57. The number of primary amides is 1. The summed E-state index contributed by atoms with van der Waals surface area (Å²) in [5, 5.41) is 4.76. The third-order valence-electron chi connectivity index (χ3n) is 2.83. The average molecular weight is 312 g/mol. The lowest BCUT2D eigenvalue weighted by Gasteiger charge is -2.12. The fourth-order valence-corrected chi connectivity index (χ4v) is 2.71.